The maximum Gasteiger partial charge on any atom is 0.212 e. The number of aryl methyl sites for hydroxylation is 1. The first-order valence-corrected chi connectivity index (χ1v) is 11.6. The van der Waals surface area contributed by atoms with Gasteiger partial charge in [-0.3, -0.25) is 9.78 Å². The van der Waals surface area contributed by atoms with Crippen LogP contribution in [0.5, 0.6) is 0 Å². The predicted molar refractivity (Wildman–Crippen MR) is 135 cm³/mol. The van der Waals surface area contributed by atoms with Gasteiger partial charge in [0, 0.05) is 37.5 Å². The van der Waals surface area contributed by atoms with Crippen molar-refractivity contribution in [2.45, 2.75) is 19.4 Å². The number of nitrogens with zero attached hydrogens (tertiary/aromatic N) is 6. The first-order valence-electron chi connectivity index (χ1n) is 11.6. The van der Waals surface area contributed by atoms with Gasteiger partial charge in [-0.1, -0.05) is 6.08 Å². The Kier molecular flexibility index (Phi) is 6.76. The van der Waals surface area contributed by atoms with Gasteiger partial charge in [0.1, 0.15) is 17.4 Å². The molecule has 3 aromatic heterocycles. The number of pyridine rings is 1. The molecule has 2 aliphatic rings. The van der Waals surface area contributed by atoms with E-state index >= 15 is 0 Å². The quantitative estimate of drug-likeness (QED) is 0.423. The topological polar surface area (TPSA) is 102 Å². The lowest BCUT2D eigenvalue weighted by atomic mass is 10.1. The third-order valence-electron chi connectivity index (χ3n) is 5.91. The summed E-state index contributed by atoms with van der Waals surface area (Å²) in [5.41, 5.74) is 4.42. The number of rotatable bonds is 5. The second-order valence-corrected chi connectivity index (χ2v) is 8.43. The molecule has 9 nitrogen and oxygen atoms in total. The van der Waals surface area contributed by atoms with E-state index in [9.17, 15) is 9.18 Å². The Morgan fingerprint density at radius 2 is 1.92 bits per heavy atom. The van der Waals surface area contributed by atoms with Gasteiger partial charge in [0.25, 0.3) is 0 Å². The van der Waals surface area contributed by atoms with Crippen LogP contribution in [-0.4, -0.2) is 49.4 Å². The molecule has 2 aliphatic heterocycles. The van der Waals surface area contributed by atoms with E-state index in [0.29, 0.717) is 18.6 Å². The lowest BCUT2D eigenvalue weighted by molar-refractivity contribution is -0.105. The van der Waals surface area contributed by atoms with E-state index in [1.165, 1.54) is 17.7 Å². The SMILES string of the molecule is Cc1ccncc1.O=CNc1cn2c(n1)CC=CC(c1c(-c3ccc(F)cc3)ncn1C1CNC1)=N2. The van der Waals surface area contributed by atoms with Crippen LogP contribution >= 0.6 is 0 Å². The van der Waals surface area contributed by atoms with Crippen LogP contribution in [0.25, 0.3) is 11.3 Å². The van der Waals surface area contributed by atoms with Crippen molar-refractivity contribution in [2.24, 2.45) is 5.10 Å². The summed E-state index contributed by atoms with van der Waals surface area (Å²) in [5.74, 6) is 0.882. The van der Waals surface area contributed by atoms with Gasteiger partial charge in [-0.25, -0.2) is 19.0 Å². The maximum atomic E-state index is 13.4. The molecule has 1 fully saturated rings. The highest BCUT2D eigenvalue weighted by molar-refractivity contribution is 6.11. The summed E-state index contributed by atoms with van der Waals surface area (Å²) >= 11 is 0. The second-order valence-electron chi connectivity index (χ2n) is 8.43. The number of allylic oxidation sites excluding steroid dienone is 2. The van der Waals surface area contributed by atoms with E-state index in [1.807, 2.05) is 37.5 Å². The summed E-state index contributed by atoms with van der Waals surface area (Å²) in [4.78, 5) is 23.6. The molecule has 36 heavy (non-hydrogen) atoms. The van der Waals surface area contributed by atoms with Gasteiger partial charge in [0.05, 0.1) is 30.0 Å². The minimum absolute atomic E-state index is 0.278. The third kappa shape index (κ3) is 4.98. The Morgan fingerprint density at radius 1 is 1.14 bits per heavy atom. The van der Waals surface area contributed by atoms with Gasteiger partial charge in [-0.15, -0.1) is 0 Å². The molecule has 1 aromatic carbocycles. The minimum atomic E-state index is -0.289. The van der Waals surface area contributed by atoms with Gasteiger partial charge in [-0.05, 0) is 55.0 Å². The van der Waals surface area contributed by atoms with Crippen molar-refractivity contribution in [3.05, 3.63) is 96.4 Å². The smallest absolute Gasteiger partial charge is 0.212 e. The highest BCUT2D eigenvalue weighted by atomic mass is 19.1. The highest BCUT2D eigenvalue weighted by Gasteiger charge is 2.26. The monoisotopic (exact) mass is 484 g/mol. The molecule has 2 N–H and O–H groups in total. The number of fused-ring (bicyclic) bond motifs is 1. The molecule has 1 saturated heterocycles. The Bertz CT molecular complexity index is 1400. The predicted octanol–water partition coefficient (Wildman–Crippen LogP) is 3.35. The summed E-state index contributed by atoms with van der Waals surface area (Å²) in [5, 5.41) is 10.6. The molecule has 0 aliphatic carbocycles. The summed E-state index contributed by atoms with van der Waals surface area (Å²) < 4.78 is 17.2. The van der Waals surface area contributed by atoms with Crippen LogP contribution in [-0.2, 0) is 11.2 Å². The molecule has 0 unspecified atom stereocenters. The van der Waals surface area contributed by atoms with Crippen molar-refractivity contribution >= 4 is 17.9 Å². The van der Waals surface area contributed by atoms with E-state index in [1.54, 1.807) is 35.4 Å². The van der Waals surface area contributed by atoms with Crippen molar-refractivity contribution in [3.8, 4) is 11.3 Å². The number of halogens is 1. The molecule has 0 saturated carbocycles. The number of anilines is 1. The molecule has 0 spiro atoms. The van der Waals surface area contributed by atoms with Crippen LogP contribution in [0.4, 0.5) is 10.2 Å². The fourth-order valence-electron chi connectivity index (χ4n) is 3.92. The molecule has 0 radical (unpaired) electrons. The zero-order chi connectivity index (χ0) is 24.9. The first-order chi connectivity index (χ1) is 17.6. The molecule has 10 heteroatoms. The van der Waals surface area contributed by atoms with Crippen molar-refractivity contribution in [3.63, 3.8) is 0 Å². The minimum Gasteiger partial charge on any atom is -0.323 e. The maximum absolute atomic E-state index is 13.4. The van der Waals surface area contributed by atoms with Gasteiger partial charge < -0.3 is 15.2 Å². The average Bonchev–Trinajstić information content (AvgIpc) is 3.38. The van der Waals surface area contributed by atoms with Crippen molar-refractivity contribution < 1.29 is 9.18 Å². The molecule has 6 rings (SSSR count). The Hall–Kier alpha value is -4.44. The van der Waals surface area contributed by atoms with Crippen LogP contribution in [0.2, 0.25) is 0 Å². The summed E-state index contributed by atoms with van der Waals surface area (Å²) in [6, 6.07) is 10.5. The average molecular weight is 485 g/mol. The molecule has 0 bridgehead atoms. The number of hydrogen-bond acceptors (Lipinski definition) is 6. The number of nitrogens with one attached hydrogen (secondary N) is 2. The standard InChI is InChI=1S/C20H18FN7O.C6H7N/c21-14-6-4-13(5-7-14)19-20(27(11-23-19)15-8-22-9-15)16-2-1-3-18-25-17(24-12-29)10-28(18)26-16;1-6-2-4-7-5-3-6/h1-2,4-7,10-12,15,22H,3,8-9H2,(H,24,29);2-5H,1H3. The van der Waals surface area contributed by atoms with E-state index < -0.39 is 0 Å². The zero-order valence-corrected chi connectivity index (χ0v) is 19.7. The van der Waals surface area contributed by atoms with Crippen LogP contribution in [0, 0.1) is 12.7 Å². The molecule has 1 amide bonds. The van der Waals surface area contributed by atoms with Crippen LogP contribution < -0.4 is 10.6 Å². The number of aromatic nitrogens is 5. The van der Waals surface area contributed by atoms with Crippen LogP contribution in [0.3, 0.4) is 0 Å². The van der Waals surface area contributed by atoms with Crippen LogP contribution in [0.15, 0.2) is 78.6 Å². The van der Waals surface area contributed by atoms with Crippen molar-refractivity contribution in [1.29, 1.82) is 0 Å². The second kappa shape index (κ2) is 10.4. The van der Waals surface area contributed by atoms with E-state index in [0.717, 1.165) is 41.6 Å². The summed E-state index contributed by atoms with van der Waals surface area (Å²) in [6.45, 7) is 3.75. The number of imidazole rings is 2. The molecule has 0 atom stereocenters. The molecule has 182 valence electrons. The van der Waals surface area contributed by atoms with Crippen molar-refractivity contribution in [2.75, 3.05) is 18.4 Å². The number of benzene rings is 1. The van der Waals surface area contributed by atoms with Gasteiger partial charge in [0.2, 0.25) is 6.41 Å². The number of carbonyl (C=O) groups excluding carboxylic acids is 1. The van der Waals surface area contributed by atoms with E-state index in [2.05, 4.69) is 30.2 Å². The van der Waals surface area contributed by atoms with Gasteiger partial charge >= 0.3 is 0 Å². The molecule has 5 heterocycles. The highest BCUT2D eigenvalue weighted by Crippen LogP contribution is 2.28. The van der Waals surface area contributed by atoms with E-state index in [4.69, 9.17) is 5.10 Å². The largest absolute Gasteiger partial charge is 0.323 e. The molecular weight excluding hydrogens is 459 g/mol. The lowest BCUT2D eigenvalue weighted by Gasteiger charge is -2.30. The molecule has 4 aromatic rings. The fraction of sp³-hybridized carbons (Fsp3) is 0.192. The van der Waals surface area contributed by atoms with Gasteiger partial charge in [0.15, 0.2) is 5.82 Å². The zero-order valence-electron chi connectivity index (χ0n) is 19.7. The Labute approximate surface area is 207 Å². The summed E-state index contributed by atoms with van der Waals surface area (Å²) in [6.07, 6.45) is 12.2. The van der Waals surface area contributed by atoms with Crippen LogP contribution in [0.1, 0.15) is 23.1 Å². The summed E-state index contributed by atoms with van der Waals surface area (Å²) in [7, 11) is 0. The first kappa shape index (κ1) is 23.3. The number of hydrogen-bond donors (Lipinski definition) is 2. The van der Waals surface area contributed by atoms with E-state index in [-0.39, 0.29) is 11.9 Å². The normalized spacial score (nSPS) is 14.6. The fourth-order valence-corrected chi connectivity index (χ4v) is 3.92. The lowest BCUT2D eigenvalue weighted by Crippen LogP contribution is -2.44. The third-order valence-corrected chi connectivity index (χ3v) is 5.91. The van der Waals surface area contributed by atoms with Gasteiger partial charge in [-0.2, -0.15) is 5.10 Å². The Morgan fingerprint density at radius 3 is 2.56 bits per heavy atom. The number of amides is 1. The Balaban J connectivity index is 0.000000330. The molecular formula is C26H25FN8O. The van der Waals surface area contributed by atoms with Crippen molar-refractivity contribution in [1.82, 2.24) is 29.5 Å². The number of carbonyl (C=O) groups is 1.